The summed E-state index contributed by atoms with van der Waals surface area (Å²) in [6.07, 6.45) is 4.20. The summed E-state index contributed by atoms with van der Waals surface area (Å²) >= 11 is 0. The molecule has 2 fully saturated rings. The summed E-state index contributed by atoms with van der Waals surface area (Å²) in [6, 6.07) is 0.698. The average molecular weight is 253 g/mol. The zero-order chi connectivity index (χ0) is 13.2. The quantitative estimate of drug-likeness (QED) is 0.827. The van der Waals surface area contributed by atoms with Crippen molar-refractivity contribution in [1.29, 1.82) is 0 Å². The Morgan fingerprint density at radius 1 is 1.22 bits per heavy atom. The van der Waals surface area contributed by atoms with Crippen LogP contribution in [0.5, 0.6) is 0 Å². The molecular weight excluding hydrogens is 222 g/mol. The van der Waals surface area contributed by atoms with Gasteiger partial charge in [0.1, 0.15) is 0 Å². The molecule has 0 aliphatic carbocycles. The molecule has 1 unspecified atom stereocenters. The van der Waals surface area contributed by atoms with Crippen LogP contribution in [0, 0.1) is 5.92 Å². The molecule has 0 saturated carbocycles. The molecule has 0 spiro atoms. The predicted octanol–water partition coefficient (Wildman–Crippen LogP) is 1.79. The van der Waals surface area contributed by atoms with Gasteiger partial charge in [-0.25, -0.2) is 0 Å². The van der Waals surface area contributed by atoms with Crippen LogP contribution >= 0.6 is 0 Å². The number of rotatable bonds is 3. The lowest BCUT2D eigenvalue weighted by Crippen LogP contribution is -2.60. The van der Waals surface area contributed by atoms with Crippen molar-refractivity contribution >= 4 is 0 Å². The maximum Gasteiger partial charge on any atom is 0.0252 e. The van der Waals surface area contributed by atoms with Gasteiger partial charge in [-0.15, -0.1) is 0 Å². The molecule has 0 aromatic heterocycles. The van der Waals surface area contributed by atoms with E-state index in [0.29, 0.717) is 11.6 Å². The average Bonchev–Trinajstić information content (AvgIpc) is 2.32. The largest absolute Gasteiger partial charge is 0.309 e. The van der Waals surface area contributed by atoms with E-state index in [1.807, 2.05) is 0 Å². The topological polar surface area (TPSA) is 18.5 Å². The van der Waals surface area contributed by atoms with E-state index in [1.54, 1.807) is 0 Å². The molecule has 0 amide bonds. The molecule has 0 aromatic rings. The highest BCUT2D eigenvalue weighted by Crippen LogP contribution is 2.22. The molecule has 0 radical (unpaired) electrons. The number of hydrogen-bond donors (Lipinski definition) is 1. The number of hydrogen-bond acceptors (Lipinski definition) is 3. The molecule has 0 aromatic carbocycles. The van der Waals surface area contributed by atoms with Gasteiger partial charge in [0.15, 0.2) is 0 Å². The predicted molar refractivity (Wildman–Crippen MR) is 78.0 cm³/mol. The van der Waals surface area contributed by atoms with E-state index in [-0.39, 0.29) is 0 Å². The summed E-state index contributed by atoms with van der Waals surface area (Å²) in [6.45, 7) is 13.2. The van der Waals surface area contributed by atoms with E-state index in [1.165, 1.54) is 45.4 Å². The van der Waals surface area contributed by atoms with Crippen molar-refractivity contribution in [2.24, 2.45) is 5.92 Å². The third-order valence-corrected chi connectivity index (χ3v) is 4.76. The van der Waals surface area contributed by atoms with Crippen LogP contribution < -0.4 is 5.32 Å². The Bertz CT molecular complexity index is 256. The molecule has 2 aliphatic heterocycles. The minimum atomic E-state index is 0.291. The van der Waals surface area contributed by atoms with Gasteiger partial charge in [0.2, 0.25) is 0 Å². The maximum atomic E-state index is 3.63. The number of piperidine rings is 1. The Labute approximate surface area is 113 Å². The fourth-order valence-corrected chi connectivity index (χ4v) is 3.27. The van der Waals surface area contributed by atoms with Crippen molar-refractivity contribution in [2.75, 3.05) is 39.8 Å². The first-order valence-electron chi connectivity index (χ1n) is 7.64. The standard InChI is InChI=1S/C15H31N3/c1-13-11-16-15(2,3)12-18(13)10-7-14-5-8-17(4)9-6-14/h13-14,16H,5-12H2,1-4H3. The summed E-state index contributed by atoms with van der Waals surface area (Å²) in [5.41, 5.74) is 0.291. The fourth-order valence-electron chi connectivity index (χ4n) is 3.27. The number of likely N-dealkylation sites (tertiary alicyclic amines) is 1. The maximum absolute atomic E-state index is 3.63. The summed E-state index contributed by atoms with van der Waals surface area (Å²) in [4.78, 5) is 5.15. The van der Waals surface area contributed by atoms with Crippen molar-refractivity contribution in [3.63, 3.8) is 0 Å². The zero-order valence-electron chi connectivity index (χ0n) is 12.7. The molecule has 3 heteroatoms. The first kappa shape index (κ1) is 14.3. The Morgan fingerprint density at radius 3 is 2.56 bits per heavy atom. The van der Waals surface area contributed by atoms with Crippen LogP contribution in [-0.4, -0.2) is 61.2 Å². The van der Waals surface area contributed by atoms with E-state index in [2.05, 4.69) is 42.9 Å². The SMILES string of the molecule is CC1CNC(C)(C)CN1CCC1CCN(C)CC1. The zero-order valence-corrected chi connectivity index (χ0v) is 12.7. The summed E-state index contributed by atoms with van der Waals surface area (Å²) in [7, 11) is 2.25. The highest BCUT2D eigenvalue weighted by atomic mass is 15.2. The van der Waals surface area contributed by atoms with Crippen molar-refractivity contribution in [3.8, 4) is 0 Å². The van der Waals surface area contributed by atoms with Gasteiger partial charge in [-0.05, 0) is 72.6 Å². The minimum absolute atomic E-state index is 0.291. The smallest absolute Gasteiger partial charge is 0.0252 e. The first-order valence-corrected chi connectivity index (χ1v) is 7.64. The Balaban J connectivity index is 1.75. The van der Waals surface area contributed by atoms with E-state index >= 15 is 0 Å². The fraction of sp³-hybridized carbons (Fsp3) is 1.00. The minimum Gasteiger partial charge on any atom is -0.309 e. The first-order chi connectivity index (χ1) is 8.46. The second-order valence-corrected chi connectivity index (χ2v) is 7.12. The highest BCUT2D eigenvalue weighted by Gasteiger charge is 2.30. The van der Waals surface area contributed by atoms with E-state index in [9.17, 15) is 0 Å². The second-order valence-electron chi connectivity index (χ2n) is 7.12. The Hall–Kier alpha value is -0.120. The van der Waals surface area contributed by atoms with E-state index in [4.69, 9.17) is 0 Å². The molecular formula is C15H31N3. The lowest BCUT2D eigenvalue weighted by Gasteiger charge is -2.44. The van der Waals surface area contributed by atoms with Gasteiger partial charge < -0.3 is 10.2 Å². The lowest BCUT2D eigenvalue weighted by atomic mass is 9.92. The Kier molecular flexibility index (Phi) is 4.68. The van der Waals surface area contributed by atoms with Gasteiger partial charge >= 0.3 is 0 Å². The monoisotopic (exact) mass is 253 g/mol. The second kappa shape index (κ2) is 5.89. The molecule has 2 rings (SSSR count). The van der Waals surface area contributed by atoms with Gasteiger partial charge in [-0.3, -0.25) is 4.90 Å². The van der Waals surface area contributed by atoms with Crippen LogP contribution in [0.4, 0.5) is 0 Å². The number of nitrogens with zero attached hydrogens (tertiary/aromatic N) is 2. The van der Waals surface area contributed by atoms with Crippen molar-refractivity contribution in [3.05, 3.63) is 0 Å². The summed E-state index contributed by atoms with van der Waals surface area (Å²) in [5.74, 6) is 0.964. The van der Waals surface area contributed by atoms with Gasteiger partial charge in [0.05, 0.1) is 0 Å². The third-order valence-electron chi connectivity index (χ3n) is 4.76. The van der Waals surface area contributed by atoms with Gasteiger partial charge in [-0.2, -0.15) is 0 Å². The van der Waals surface area contributed by atoms with Crippen molar-refractivity contribution < 1.29 is 0 Å². The molecule has 2 heterocycles. The molecule has 18 heavy (non-hydrogen) atoms. The normalized spacial score (nSPS) is 31.7. The van der Waals surface area contributed by atoms with Crippen LogP contribution in [0.2, 0.25) is 0 Å². The third kappa shape index (κ3) is 3.94. The van der Waals surface area contributed by atoms with Gasteiger partial charge in [0, 0.05) is 24.7 Å². The van der Waals surface area contributed by atoms with Gasteiger partial charge in [0.25, 0.3) is 0 Å². The molecule has 0 bridgehead atoms. The van der Waals surface area contributed by atoms with Crippen molar-refractivity contribution in [2.45, 2.75) is 51.6 Å². The molecule has 3 nitrogen and oxygen atoms in total. The molecule has 1 N–H and O–H groups in total. The molecule has 1 atom stereocenters. The Morgan fingerprint density at radius 2 is 1.89 bits per heavy atom. The number of piperazine rings is 1. The lowest BCUT2D eigenvalue weighted by molar-refractivity contribution is 0.0920. The van der Waals surface area contributed by atoms with Crippen molar-refractivity contribution in [1.82, 2.24) is 15.1 Å². The summed E-state index contributed by atoms with van der Waals surface area (Å²) in [5, 5.41) is 3.63. The molecule has 2 aliphatic rings. The van der Waals surface area contributed by atoms with Crippen LogP contribution in [-0.2, 0) is 0 Å². The van der Waals surface area contributed by atoms with Crippen LogP contribution in [0.25, 0.3) is 0 Å². The van der Waals surface area contributed by atoms with Crippen LogP contribution in [0.3, 0.4) is 0 Å². The van der Waals surface area contributed by atoms with Crippen LogP contribution in [0.15, 0.2) is 0 Å². The van der Waals surface area contributed by atoms with E-state index in [0.717, 1.165) is 12.5 Å². The molecule has 106 valence electrons. The van der Waals surface area contributed by atoms with E-state index < -0.39 is 0 Å². The summed E-state index contributed by atoms with van der Waals surface area (Å²) < 4.78 is 0. The molecule has 2 saturated heterocycles. The van der Waals surface area contributed by atoms with Gasteiger partial charge in [-0.1, -0.05) is 0 Å². The van der Waals surface area contributed by atoms with Crippen LogP contribution in [0.1, 0.15) is 40.0 Å². The highest BCUT2D eigenvalue weighted by molar-refractivity contribution is 4.90. The number of nitrogens with one attached hydrogen (secondary N) is 1.